The van der Waals surface area contributed by atoms with Crippen LogP contribution in [0.15, 0.2) is 35.2 Å². The smallest absolute Gasteiger partial charge is 0.266 e. The van der Waals surface area contributed by atoms with Crippen molar-refractivity contribution in [2.45, 2.75) is 13.8 Å². The Kier molecular flexibility index (Phi) is 4.79. The molecule has 21 heavy (non-hydrogen) atoms. The molecule has 0 atom stereocenters. The van der Waals surface area contributed by atoms with E-state index in [1.54, 1.807) is 12.1 Å². The molecule has 1 N–H and O–H groups in total. The molecule has 106 valence electrons. The van der Waals surface area contributed by atoms with Crippen molar-refractivity contribution >= 4 is 40.6 Å². The average molecular weight is 317 g/mol. The van der Waals surface area contributed by atoms with Crippen LogP contribution in [0.3, 0.4) is 0 Å². The summed E-state index contributed by atoms with van der Waals surface area (Å²) in [5.41, 5.74) is 2.48. The number of amides is 1. The molecule has 0 unspecified atom stereocenters. The van der Waals surface area contributed by atoms with Crippen LogP contribution in [0.1, 0.15) is 16.0 Å². The standard InChI is InChI=1S/C16H13ClN2OS/c1-10-6-7-21-14(10)8-12(9-18)16(20)19-15-11(2)4-3-5-13(15)17/h3-8H,1-2H3,(H,19,20)/b12-8+. The summed E-state index contributed by atoms with van der Waals surface area (Å²) in [4.78, 5) is 13.1. The van der Waals surface area contributed by atoms with Gasteiger partial charge in [-0.25, -0.2) is 0 Å². The lowest BCUT2D eigenvalue weighted by Gasteiger charge is -2.09. The fraction of sp³-hybridized carbons (Fsp3) is 0.125. The predicted octanol–water partition coefficient (Wildman–Crippen LogP) is 4.56. The number of aryl methyl sites for hydroxylation is 2. The summed E-state index contributed by atoms with van der Waals surface area (Å²) in [7, 11) is 0. The number of carbonyl (C=O) groups excluding carboxylic acids is 1. The molecule has 3 nitrogen and oxygen atoms in total. The molecule has 1 amide bonds. The molecule has 2 aromatic rings. The zero-order valence-corrected chi connectivity index (χ0v) is 13.2. The molecule has 0 spiro atoms. The largest absolute Gasteiger partial charge is 0.320 e. The first-order chi connectivity index (χ1) is 10.0. The predicted molar refractivity (Wildman–Crippen MR) is 87.5 cm³/mol. The van der Waals surface area contributed by atoms with Gasteiger partial charge in [0.1, 0.15) is 11.6 Å². The van der Waals surface area contributed by atoms with Crippen molar-refractivity contribution in [1.82, 2.24) is 0 Å². The van der Waals surface area contributed by atoms with Gasteiger partial charge >= 0.3 is 0 Å². The van der Waals surface area contributed by atoms with Crippen LogP contribution in [0, 0.1) is 25.2 Å². The number of thiophene rings is 1. The normalized spacial score (nSPS) is 11.0. The Bertz CT molecular complexity index is 736. The Hall–Kier alpha value is -2.09. The van der Waals surface area contributed by atoms with Crippen LogP contribution in [0.4, 0.5) is 5.69 Å². The highest BCUT2D eigenvalue weighted by atomic mass is 35.5. The van der Waals surface area contributed by atoms with Gasteiger partial charge in [-0.2, -0.15) is 5.26 Å². The molecule has 0 radical (unpaired) electrons. The number of nitriles is 1. The minimum atomic E-state index is -0.457. The number of hydrogen-bond donors (Lipinski definition) is 1. The lowest BCUT2D eigenvalue weighted by molar-refractivity contribution is -0.112. The number of rotatable bonds is 3. The second kappa shape index (κ2) is 6.57. The minimum absolute atomic E-state index is 0.0554. The lowest BCUT2D eigenvalue weighted by Crippen LogP contribution is -2.14. The maximum Gasteiger partial charge on any atom is 0.266 e. The summed E-state index contributed by atoms with van der Waals surface area (Å²) in [5.74, 6) is -0.457. The molecule has 0 aliphatic carbocycles. The number of nitrogens with zero attached hydrogens (tertiary/aromatic N) is 1. The molecule has 0 saturated heterocycles. The number of hydrogen-bond acceptors (Lipinski definition) is 3. The van der Waals surface area contributed by atoms with Gasteiger partial charge < -0.3 is 5.32 Å². The van der Waals surface area contributed by atoms with E-state index < -0.39 is 5.91 Å². The molecule has 2 rings (SSSR count). The number of para-hydroxylation sites is 1. The van der Waals surface area contributed by atoms with Crippen LogP contribution in [-0.4, -0.2) is 5.91 Å². The number of nitrogens with one attached hydrogen (secondary N) is 1. The van der Waals surface area contributed by atoms with Crippen LogP contribution >= 0.6 is 22.9 Å². The molecule has 0 aliphatic rings. The summed E-state index contributed by atoms with van der Waals surface area (Å²) in [6.07, 6.45) is 1.60. The number of halogens is 1. The lowest BCUT2D eigenvalue weighted by atomic mass is 10.1. The second-order valence-corrected chi connectivity index (χ2v) is 5.88. The van der Waals surface area contributed by atoms with Crippen molar-refractivity contribution in [2.24, 2.45) is 0 Å². The Morgan fingerprint density at radius 3 is 2.67 bits per heavy atom. The van der Waals surface area contributed by atoms with Crippen molar-refractivity contribution < 1.29 is 4.79 Å². The van der Waals surface area contributed by atoms with Crippen LogP contribution in [0.25, 0.3) is 6.08 Å². The maximum absolute atomic E-state index is 12.2. The number of carbonyl (C=O) groups is 1. The van der Waals surface area contributed by atoms with Gasteiger partial charge in [0.05, 0.1) is 10.7 Å². The van der Waals surface area contributed by atoms with Crippen LogP contribution < -0.4 is 5.32 Å². The first-order valence-corrected chi connectivity index (χ1v) is 7.51. The first kappa shape index (κ1) is 15.3. The fourth-order valence-electron chi connectivity index (χ4n) is 1.78. The van der Waals surface area contributed by atoms with E-state index >= 15 is 0 Å². The number of benzene rings is 1. The zero-order valence-electron chi connectivity index (χ0n) is 11.6. The SMILES string of the molecule is Cc1ccsc1/C=C(\C#N)C(=O)Nc1c(C)cccc1Cl. The molecule has 5 heteroatoms. The molecule has 0 fully saturated rings. The molecular formula is C16H13ClN2OS. The fourth-order valence-corrected chi connectivity index (χ4v) is 2.91. The van der Waals surface area contributed by atoms with Crippen LogP contribution in [-0.2, 0) is 4.79 Å². The van der Waals surface area contributed by atoms with E-state index in [2.05, 4.69) is 5.32 Å². The third kappa shape index (κ3) is 3.52. The van der Waals surface area contributed by atoms with Crippen molar-refractivity contribution in [3.63, 3.8) is 0 Å². The van der Waals surface area contributed by atoms with Gasteiger partial charge in [-0.05, 0) is 48.6 Å². The Balaban J connectivity index is 2.29. The molecule has 1 aromatic carbocycles. The third-order valence-corrected chi connectivity index (χ3v) is 4.28. The van der Waals surface area contributed by atoms with Gasteiger partial charge in [0, 0.05) is 4.88 Å². The van der Waals surface area contributed by atoms with Crippen LogP contribution in [0.5, 0.6) is 0 Å². The topological polar surface area (TPSA) is 52.9 Å². The molecule has 0 aliphatic heterocycles. The molecule has 1 aromatic heterocycles. The van der Waals surface area contributed by atoms with E-state index in [-0.39, 0.29) is 5.57 Å². The summed E-state index contributed by atoms with van der Waals surface area (Å²) in [6.45, 7) is 3.79. The van der Waals surface area contributed by atoms with E-state index in [9.17, 15) is 10.1 Å². The average Bonchev–Trinajstić information content (AvgIpc) is 2.85. The van der Waals surface area contributed by atoms with Crippen molar-refractivity contribution in [3.05, 3.63) is 56.2 Å². The highest BCUT2D eigenvalue weighted by molar-refractivity contribution is 7.11. The molecule has 0 bridgehead atoms. The minimum Gasteiger partial charge on any atom is -0.320 e. The van der Waals surface area contributed by atoms with E-state index in [1.807, 2.05) is 43.5 Å². The van der Waals surface area contributed by atoms with Crippen molar-refractivity contribution in [2.75, 3.05) is 5.32 Å². The van der Waals surface area contributed by atoms with Crippen molar-refractivity contribution in [3.8, 4) is 6.07 Å². The van der Waals surface area contributed by atoms with Crippen LogP contribution in [0.2, 0.25) is 5.02 Å². The summed E-state index contributed by atoms with van der Waals surface area (Å²) in [6, 6.07) is 9.24. The molecule has 1 heterocycles. The molecular weight excluding hydrogens is 304 g/mol. The Morgan fingerprint density at radius 2 is 2.10 bits per heavy atom. The summed E-state index contributed by atoms with van der Waals surface area (Å²) in [5, 5.41) is 14.3. The van der Waals surface area contributed by atoms with Crippen molar-refractivity contribution in [1.29, 1.82) is 5.26 Å². The maximum atomic E-state index is 12.2. The zero-order chi connectivity index (χ0) is 15.4. The van der Waals surface area contributed by atoms with Gasteiger partial charge in [-0.3, -0.25) is 4.79 Å². The van der Waals surface area contributed by atoms with Gasteiger partial charge in [0.15, 0.2) is 0 Å². The van der Waals surface area contributed by atoms with E-state index in [0.717, 1.165) is 16.0 Å². The van der Waals surface area contributed by atoms with Gasteiger partial charge in [0.25, 0.3) is 5.91 Å². The quantitative estimate of drug-likeness (QED) is 0.666. The second-order valence-electron chi connectivity index (χ2n) is 4.52. The highest BCUT2D eigenvalue weighted by Gasteiger charge is 2.13. The summed E-state index contributed by atoms with van der Waals surface area (Å²) < 4.78 is 0. The third-order valence-electron chi connectivity index (χ3n) is 3.00. The van der Waals surface area contributed by atoms with Gasteiger partial charge in [0.2, 0.25) is 0 Å². The van der Waals surface area contributed by atoms with Gasteiger partial charge in [-0.1, -0.05) is 23.7 Å². The first-order valence-electron chi connectivity index (χ1n) is 6.25. The van der Waals surface area contributed by atoms with E-state index in [4.69, 9.17) is 11.6 Å². The monoisotopic (exact) mass is 316 g/mol. The highest BCUT2D eigenvalue weighted by Crippen LogP contribution is 2.26. The number of anilines is 1. The molecule has 0 saturated carbocycles. The Labute approximate surface area is 132 Å². The van der Waals surface area contributed by atoms with E-state index in [1.165, 1.54) is 11.3 Å². The van der Waals surface area contributed by atoms with Gasteiger partial charge in [-0.15, -0.1) is 11.3 Å². The Morgan fingerprint density at radius 1 is 1.33 bits per heavy atom. The summed E-state index contributed by atoms with van der Waals surface area (Å²) >= 11 is 7.56. The van der Waals surface area contributed by atoms with E-state index in [0.29, 0.717) is 10.7 Å².